The molecule has 0 amide bonds. The molecule has 1 N–H and O–H groups in total. The first kappa shape index (κ1) is 12.0. The van der Waals surface area contributed by atoms with Gasteiger partial charge in [-0.25, -0.2) is 15.0 Å². The molecule has 0 atom stereocenters. The van der Waals surface area contributed by atoms with Gasteiger partial charge in [-0.05, 0) is 36.9 Å². The van der Waals surface area contributed by atoms with E-state index in [1.165, 1.54) is 11.8 Å². The third-order valence-electron chi connectivity index (χ3n) is 2.52. The minimum Gasteiger partial charge on any atom is -0.431 e. The van der Waals surface area contributed by atoms with Crippen LogP contribution in [0.25, 0.3) is 11.1 Å². The summed E-state index contributed by atoms with van der Waals surface area (Å²) in [7, 11) is 1.79. The van der Waals surface area contributed by atoms with Crippen molar-refractivity contribution in [1.29, 1.82) is 0 Å². The Balaban J connectivity index is 1.94. The number of anilines is 1. The van der Waals surface area contributed by atoms with Crippen molar-refractivity contribution in [3.63, 3.8) is 0 Å². The first-order chi connectivity index (χ1) is 9.24. The summed E-state index contributed by atoms with van der Waals surface area (Å²) in [4.78, 5) is 13.0. The lowest BCUT2D eigenvalue weighted by Crippen LogP contribution is -1.98. The van der Waals surface area contributed by atoms with Crippen molar-refractivity contribution < 1.29 is 4.42 Å². The maximum Gasteiger partial charge on any atom is 0.263 e. The van der Waals surface area contributed by atoms with Crippen molar-refractivity contribution in [3.8, 4) is 0 Å². The molecule has 2 heterocycles. The Morgan fingerprint density at radius 1 is 1.16 bits per heavy atom. The van der Waals surface area contributed by atoms with Crippen molar-refractivity contribution >= 4 is 28.8 Å². The standard InChI is InChI=1S/C13H12N4OS/c1-8-7-11(17-12(14-2)15-8)19-13-16-9-5-3-4-6-10(9)18-13/h3-7H,1-2H3,(H,14,15,17). The van der Waals surface area contributed by atoms with Crippen molar-refractivity contribution in [2.45, 2.75) is 17.2 Å². The summed E-state index contributed by atoms with van der Waals surface area (Å²) in [5, 5.41) is 4.33. The molecule has 19 heavy (non-hydrogen) atoms. The van der Waals surface area contributed by atoms with E-state index in [-0.39, 0.29) is 0 Å². The number of fused-ring (bicyclic) bond motifs is 1. The smallest absolute Gasteiger partial charge is 0.263 e. The number of nitrogens with one attached hydrogen (secondary N) is 1. The van der Waals surface area contributed by atoms with E-state index < -0.39 is 0 Å². The Bertz CT molecular complexity index is 692. The summed E-state index contributed by atoms with van der Waals surface area (Å²) in [6.07, 6.45) is 0. The number of oxazole rings is 1. The predicted octanol–water partition coefficient (Wildman–Crippen LogP) is 3.12. The molecule has 0 bridgehead atoms. The van der Waals surface area contributed by atoms with E-state index in [1.807, 2.05) is 37.3 Å². The van der Waals surface area contributed by atoms with Gasteiger partial charge in [0.1, 0.15) is 10.5 Å². The predicted molar refractivity (Wildman–Crippen MR) is 74.4 cm³/mol. The lowest BCUT2D eigenvalue weighted by atomic mass is 10.3. The van der Waals surface area contributed by atoms with Crippen molar-refractivity contribution in [2.24, 2.45) is 0 Å². The minimum absolute atomic E-state index is 0.585. The Morgan fingerprint density at radius 3 is 2.79 bits per heavy atom. The van der Waals surface area contributed by atoms with Crippen molar-refractivity contribution in [1.82, 2.24) is 15.0 Å². The quantitative estimate of drug-likeness (QED) is 0.739. The number of rotatable bonds is 3. The molecule has 0 radical (unpaired) electrons. The second kappa shape index (κ2) is 4.89. The Labute approximate surface area is 114 Å². The maximum atomic E-state index is 5.66. The van der Waals surface area contributed by atoms with E-state index >= 15 is 0 Å². The van der Waals surface area contributed by atoms with E-state index in [1.54, 1.807) is 7.05 Å². The lowest BCUT2D eigenvalue weighted by Gasteiger charge is -2.02. The number of hydrogen-bond donors (Lipinski definition) is 1. The highest BCUT2D eigenvalue weighted by Gasteiger charge is 2.09. The zero-order valence-electron chi connectivity index (χ0n) is 10.5. The van der Waals surface area contributed by atoms with Gasteiger partial charge >= 0.3 is 0 Å². The average molecular weight is 272 g/mol. The largest absolute Gasteiger partial charge is 0.431 e. The van der Waals surface area contributed by atoms with Crippen LogP contribution in [0.1, 0.15) is 5.69 Å². The van der Waals surface area contributed by atoms with Crippen LogP contribution in [0.15, 0.2) is 45.0 Å². The van der Waals surface area contributed by atoms with Crippen LogP contribution in [0.4, 0.5) is 5.95 Å². The number of benzene rings is 1. The van der Waals surface area contributed by atoms with Crippen LogP contribution in [-0.4, -0.2) is 22.0 Å². The summed E-state index contributed by atoms with van der Waals surface area (Å²) in [6, 6.07) is 9.59. The second-order valence-electron chi connectivity index (χ2n) is 3.97. The summed E-state index contributed by atoms with van der Waals surface area (Å²) in [5.41, 5.74) is 2.53. The van der Waals surface area contributed by atoms with Gasteiger partial charge in [-0.15, -0.1) is 0 Å². The van der Waals surface area contributed by atoms with Gasteiger partial charge in [-0.3, -0.25) is 0 Å². The highest BCUT2D eigenvalue weighted by molar-refractivity contribution is 7.99. The molecule has 0 aliphatic heterocycles. The number of para-hydroxylation sites is 2. The molecule has 0 aliphatic carbocycles. The van der Waals surface area contributed by atoms with Crippen LogP contribution in [0.3, 0.4) is 0 Å². The zero-order chi connectivity index (χ0) is 13.2. The Kier molecular flexibility index (Phi) is 3.08. The summed E-state index contributed by atoms with van der Waals surface area (Å²) >= 11 is 1.39. The molecule has 2 aromatic heterocycles. The van der Waals surface area contributed by atoms with Gasteiger partial charge in [-0.2, -0.15) is 0 Å². The van der Waals surface area contributed by atoms with Gasteiger partial charge in [0.25, 0.3) is 5.22 Å². The van der Waals surface area contributed by atoms with Crippen molar-refractivity contribution in [3.05, 3.63) is 36.0 Å². The fourth-order valence-electron chi connectivity index (χ4n) is 1.69. The molecule has 6 heteroatoms. The van der Waals surface area contributed by atoms with Crippen LogP contribution < -0.4 is 5.32 Å². The van der Waals surface area contributed by atoms with E-state index in [9.17, 15) is 0 Å². The first-order valence-corrected chi connectivity index (χ1v) is 6.63. The highest BCUT2D eigenvalue weighted by Crippen LogP contribution is 2.29. The molecule has 5 nitrogen and oxygen atoms in total. The van der Waals surface area contributed by atoms with Gasteiger partial charge in [0.05, 0.1) is 0 Å². The molecule has 3 aromatic rings. The van der Waals surface area contributed by atoms with E-state index in [0.717, 1.165) is 21.8 Å². The van der Waals surface area contributed by atoms with Gasteiger partial charge in [0.15, 0.2) is 5.58 Å². The molecule has 0 fully saturated rings. The average Bonchev–Trinajstić information content (AvgIpc) is 2.80. The first-order valence-electron chi connectivity index (χ1n) is 5.81. The highest BCUT2D eigenvalue weighted by atomic mass is 32.2. The monoisotopic (exact) mass is 272 g/mol. The van der Waals surface area contributed by atoms with E-state index in [4.69, 9.17) is 4.42 Å². The molecule has 1 aromatic carbocycles. The topological polar surface area (TPSA) is 63.8 Å². The molecule has 0 saturated carbocycles. The normalized spacial score (nSPS) is 10.8. The van der Waals surface area contributed by atoms with Gasteiger partial charge in [0.2, 0.25) is 5.95 Å². The number of hydrogen-bond acceptors (Lipinski definition) is 6. The third-order valence-corrected chi connectivity index (χ3v) is 3.29. The SMILES string of the molecule is CNc1nc(C)cc(Sc2nc3ccccc3o2)n1. The molecule has 0 saturated heterocycles. The lowest BCUT2D eigenvalue weighted by molar-refractivity contribution is 0.489. The van der Waals surface area contributed by atoms with Crippen LogP contribution in [-0.2, 0) is 0 Å². The Morgan fingerprint density at radius 2 is 2.00 bits per heavy atom. The molecule has 0 spiro atoms. The molecule has 0 aliphatic rings. The fraction of sp³-hybridized carbons (Fsp3) is 0.154. The summed E-state index contributed by atoms with van der Waals surface area (Å²) in [6.45, 7) is 1.93. The van der Waals surface area contributed by atoms with Crippen LogP contribution in [0.2, 0.25) is 0 Å². The molecular formula is C13H12N4OS. The summed E-state index contributed by atoms with van der Waals surface area (Å²) < 4.78 is 5.66. The second-order valence-corrected chi connectivity index (χ2v) is 4.94. The molecular weight excluding hydrogens is 260 g/mol. The van der Waals surface area contributed by atoms with Gasteiger partial charge < -0.3 is 9.73 Å². The Hall–Kier alpha value is -2.08. The number of nitrogens with zero attached hydrogens (tertiary/aromatic N) is 3. The molecule has 3 rings (SSSR count). The van der Waals surface area contributed by atoms with Crippen LogP contribution in [0.5, 0.6) is 0 Å². The maximum absolute atomic E-state index is 5.66. The summed E-state index contributed by atoms with van der Waals surface area (Å²) in [5.74, 6) is 0.596. The zero-order valence-corrected chi connectivity index (χ0v) is 11.4. The van der Waals surface area contributed by atoms with Crippen LogP contribution >= 0.6 is 11.8 Å². The van der Waals surface area contributed by atoms with Gasteiger partial charge in [-0.1, -0.05) is 12.1 Å². The third kappa shape index (κ3) is 2.53. The van der Waals surface area contributed by atoms with Crippen molar-refractivity contribution in [2.75, 3.05) is 12.4 Å². The number of aromatic nitrogens is 3. The fourth-order valence-corrected chi connectivity index (χ4v) is 2.50. The van der Waals surface area contributed by atoms with E-state index in [2.05, 4.69) is 20.3 Å². The molecule has 0 unspecified atom stereocenters. The minimum atomic E-state index is 0.585. The molecule has 96 valence electrons. The van der Waals surface area contributed by atoms with Gasteiger partial charge in [0, 0.05) is 12.7 Å². The van der Waals surface area contributed by atoms with Crippen LogP contribution in [0, 0.1) is 6.92 Å². The number of aryl methyl sites for hydroxylation is 1. The van der Waals surface area contributed by atoms with E-state index in [0.29, 0.717) is 11.2 Å².